The quantitative estimate of drug-likeness (QED) is 0.907. The van der Waals surface area contributed by atoms with Crippen molar-refractivity contribution < 1.29 is 9.53 Å². The van der Waals surface area contributed by atoms with E-state index in [1.165, 1.54) is 12.1 Å². The number of hydrogen-bond acceptors (Lipinski definition) is 2. The van der Waals surface area contributed by atoms with Gasteiger partial charge >= 0.3 is 0 Å². The number of carbonyl (C=O) groups is 1. The summed E-state index contributed by atoms with van der Waals surface area (Å²) in [6, 6.07) is 10.0. The van der Waals surface area contributed by atoms with Gasteiger partial charge in [0.15, 0.2) is 5.75 Å². The van der Waals surface area contributed by atoms with Gasteiger partial charge in [-0.05, 0) is 29.8 Å². The summed E-state index contributed by atoms with van der Waals surface area (Å²) in [6.07, 6.45) is 0. The number of carbonyl (C=O) groups excluding carboxylic acids is 1. The highest BCUT2D eigenvalue weighted by atomic mass is 35.5. The maximum atomic E-state index is 11.1. The van der Waals surface area contributed by atoms with Gasteiger partial charge in [-0.25, -0.2) is 0 Å². The van der Waals surface area contributed by atoms with Crippen molar-refractivity contribution in [3.63, 3.8) is 0 Å². The van der Waals surface area contributed by atoms with Crippen LogP contribution >= 0.6 is 34.8 Å². The van der Waals surface area contributed by atoms with E-state index in [9.17, 15) is 4.79 Å². The van der Waals surface area contributed by atoms with E-state index in [0.29, 0.717) is 10.8 Å². The van der Waals surface area contributed by atoms with Gasteiger partial charge in [-0.15, -0.1) is 0 Å². The number of rotatable bonds is 4. The zero-order chi connectivity index (χ0) is 14.7. The molecule has 104 valence electrons. The summed E-state index contributed by atoms with van der Waals surface area (Å²) in [5.74, 6) is -0.286. The third kappa shape index (κ3) is 3.57. The standard InChI is InChI=1S/C14H10Cl3NO2/c15-10-3-1-8(2-4-10)7-20-13-11(16)5-9(14(18)19)6-12(13)17/h1-6H,7H2,(H2,18,19). The number of benzene rings is 2. The van der Waals surface area contributed by atoms with E-state index in [2.05, 4.69) is 0 Å². The van der Waals surface area contributed by atoms with Crippen LogP contribution in [0.3, 0.4) is 0 Å². The largest absolute Gasteiger partial charge is 0.486 e. The SMILES string of the molecule is NC(=O)c1cc(Cl)c(OCc2ccc(Cl)cc2)c(Cl)c1. The molecule has 2 aromatic carbocycles. The molecular formula is C14H10Cl3NO2. The second-order valence-electron chi connectivity index (χ2n) is 4.05. The summed E-state index contributed by atoms with van der Waals surface area (Å²) in [4.78, 5) is 11.1. The summed E-state index contributed by atoms with van der Waals surface area (Å²) in [5.41, 5.74) is 6.32. The Balaban J connectivity index is 2.17. The molecule has 2 N–H and O–H groups in total. The van der Waals surface area contributed by atoms with Crippen LogP contribution in [0.4, 0.5) is 0 Å². The highest BCUT2D eigenvalue weighted by molar-refractivity contribution is 6.37. The normalized spacial score (nSPS) is 10.3. The van der Waals surface area contributed by atoms with Crippen molar-refractivity contribution in [2.24, 2.45) is 5.73 Å². The van der Waals surface area contributed by atoms with Gasteiger partial charge in [0.25, 0.3) is 0 Å². The lowest BCUT2D eigenvalue weighted by molar-refractivity contribution is 0.1000. The topological polar surface area (TPSA) is 52.3 Å². The smallest absolute Gasteiger partial charge is 0.248 e. The van der Waals surface area contributed by atoms with Gasteiger partial charge in [0.2, 0.25) is 5.91 Å². The highest BCUT2D eigenvalue weighted by Crippen LogP contribution is 2.34. The molecule has 0 radical (unpaired) electrons. The predicted molar refractivity (Wildman–Crippen MR) is 80.8 cm³/mol. The summed E-state index contributed by atoms with van der Waals surface area (Å²) in [6.45, 7) is 0.284. The first-order valence-corrected chi connectivity index (χ1v) is 6.77. The molecule has 0 aliphatic rings. The molecular weight excluding hydrogens is 321 g/mol. The van der Waals surface area contributed by atoms with Crippen LogP contribution < -0.4 is 10.5 Å². The van der Waals surface area contributed by atoms with E-state index >= 15 is 0 Å². The lowest BCUT2D eigenvalue weighted by atomic mass is 10.2. The Morgan fingerprint density at radius 2 is 1.60 bits per heavy atom. The number of primary amides is 1. The Labute approximate surface area is 131 Å². The van der Waals surface area contributed by atoms with Crippen LogP contribution in [0.2, 0.25) is 15.1 Å². The Bertz CT molecular complexity index is 618. The van der Waals surface area contributed by atoms with Crippen LogP contribution in [-0.4, -0.2) is 5.91 Å². The maximum Gasteiger partial charge on any atom is 0.248 e. The van der Waals surface area contributed by atoms with Crippen LogP contribution in [0.15, 0.2) is 36.4 Å². The summed E-state index contributed by atoms with van der Waals surface area (Å²) in [5, 5.41) is 1.12. The fourth-order valence-electron chi connectivity index (χ4n) is 1.58. The lowest BCUT2D eigenvalue weighted by Gasteiger charge is -2.11. The van der Waals surface area contributed by atoms with Crippen LogP contribution in [-0.2, 0) is 6.61 Å². The molecule has 2 aromatic rings. The van der Waals surface area contributed by atoms with E-state index in [4.69, 9.17) is 45.3 Å². The molecule has 3 nitrogen and oxygen atoms in total. The van der Waals surface area contributed by atoms with Crippen LogP contribution in [0.5, 0.6) is 5.75 Å². The van der Waals surface area contributed by atoms with E-state index in [1.807, 2.05) is 12.1 Å². The molecule has 0 saturated carbocycles. The fourth-order valence-corrected chi connectivity index (χ4v) is 2.30. The summed E-state index contributed by atoms with van der Waals surface area (Å²) >= 11 is 17.9. The molecule has 0 spiro atoms. The Morgan fingerprint density at radius 3 is 2.10 bits per heavy atom. The van der Waals surface area contributed by atoms with Gasteiger partial charge < -0.3 is 10.5 Å². The van der Waals surface area contributed by atoms with Gasteiger partial charge in [0, 0.05) is 10.6 Å². The van der Waals surface area contributed by atoms with Crippen molar-refractivity contribution in [1.29, 1.82) is 0 Å². The molecule has 0 heterocycles. The third-order valence-electron chi connectivity index (χ3n) is 2.58. The summed E-state index contributed by atoms with van der Waals surface area (Å²) in [7, 11) is 0. The first kappa shape index (κ1) is 15.0. The van der Waals surface area contributed by atoms with Crippen molar-refractivity contribution >= 4 is 40.7 Å². The Hall–Kier alpha value is -1.42. The van der Waals surface area contributed by atoms with Gasteiger partial charge in [-0.1, -0.05) is 46.9 Å². The van der Waals surface area contributed by atoms with Gasteiger partial charge in [0.05, 0.1) is 10.0 Å². The molecule has 20 heavy (non-hydrogen) atoms. The average molecular weight is 331 g/mol. The summed E-state index contributed by atoms with van der Waals surface area (Å²) < 4.78 is 5.57. The van der Waals surface area contributed by atoms with E-state index in [1.54, 1.807) is 12.1 Å². The van der Waals surface area contributed by atoms with Gasteiger partial charge in [-0.3, -0.25) is 4.79 Å². The van der Waals surface area contributed by atoms with E-state index in [-0.39, 0.29) is 22.2 Å². The average Bonchev–Trinajstić information content (AvgIpc) is 2.39. The Kier molecular flexibility index (Phi) is 4.76. The molecule has 0 saturated heterocycles. The monoisotopic (exact) mass is 329 g/mol. The first-order chi connectivity index (χ1) is 9.47. The molecule has 6 heteroatoms. The minimum absolute atomic E-state index is 0.235. The molecule has 2 rings (SSSR count). The molecule has 0 atom stereocenters. The number of nitrogens with two attached hydrogens (primary N) is 1. The van der Waals surface area contributed by atoms with Crippen molar-refractivity contribution in [2.75, 3.05) is 0 Å². The zero-order valence-electron chi connectivity index (χ0n) is 10.2. The number of hydrogen-bond donors (Lipinski definition) is 1. The van der Waals surface area contributed by atoms with Crippen molar-refractivity contribution in [1.82, 2.24) is 0 Å². The third-order valence-corrected chi connectivity index (χ3v) is 3.39. The van der Waals surface area contributed by atoms with Gasteiger partial charge in [-0.2, -0.15) is 0 Å². The van der Waals surface area contributed by atoms with Crippen LogP contribution in [0, 0.1) is 0 Å². The fraction of sp³-hybridized carbons (Fsp3) is 0.0714. The molecule has 0 bridgehead atoms. The van der Waals surface area contributed by atoms with Crippen molar-refractivity contribution in [2.45, 2.75) is 6.61 Å². The number of halogens is 3. The Morgan fingerprint density at radius 1 is 1.05 bits per heavy atom. The second kappa shape index (κ2) is 6.35. The molecule has 0 aromatic heterocycles. The molecule has 0 aliphatic carbocycles. The van der Waals surface area contributed by atoms with Crippen LogP contribution in [0.1, 0.15) is 15.9 Å². The first-order valence-electron chi connectivity index (χ1n) is 5.63. The zero-order valence-corrected chi connectivity index (χ0v) is 12.5. The molecule has 1 amide bonds. The van der Waals surface area contributed by atoms with Gasteiger partial charge in [0.1, 0.15) is 6.61 Å². The molecule has 0 unspecified atom stereocenters. The second-order valence-corrected chi connectivity index (χ2v) is 5.30. The molecule has 0 aliphatic heterocycles. The number of ether oxygens (including phenoxy) is 1. The van der Waals surface area contributed by atoms with Crippen LogP contribution in [0.25, 0.3) is 0 Å². The van der Waals surface area contributed by atoms with Crippen molar-refractivity contribution in [3.8, 4) is 5.75 Å². The number of amides is 1. The highest BCUT2D eigenvalue weighted by Gasteiger charge is 2.12. The lowest BCUT2D eigenvalue weighted by Crippen LogP contribution is -2.11. The van der Waals surface area contributed by atoms with E-state index in [0.717, 1.165) is 5.56 Å². The minimum atomic E-state index is -0.599. The van der Waals surface area contributed by atoms with Crippen molar-refractivity contribution in [3.05, 3.63) is 62.6 Å². The molecule has 0 fully saturated rings. The minimum Gasteiger partial charge on any atom is -0.486 e. The van der Waals surface area contributed by atoms with E-state index < -0.39 is 5.91 Å². The maximum absolute atomic E-state index is 11.1. The predicted octanol–water partition coefficient (Wildman–Crippen LogP) is 4.32.